The molecule has 0 N–H and O–H groups in total. The Morgan fingerprint density at radius 3 is 1.76 bits per heavy atom. The van der Waals surface area contributed by atoms with E-state index < -0.39 is 0 Å². The van der Waals surface area contributed by atoms with Crippen LogP contribution in [0.3, 0.4) is 0 Å². The molecule has 0 atom stereocenters. The van der Waals surface area contributed by atoms with E-state index in [2.05, 4.69) is 65.0 Å². The molecule has 2 rings (SSSR count). The zero-order valence-corrected chi connectivity index (χ0v) is 11.4. The second-order valence-electron chi connectivity index (χ2n) is 5.05. The van der Waals surface area contributed by atoms with Crippen LogP contribution in [-0.2, 0) is 0 Å². The van der Waals surface area contributed by atoms with Gasteiger partial charge in [0.2, 0.25) is 0 Å². The lowest BCUT2D eigenvalue weighted by molar-refractivity contribution is 1.29. The Labute approximate surface area is 104 Å². The molecule has 0 aliphatic heterocycles. The Balaban J connectivity index is 2.60. The fourth-order valence-corrected chi connectivity index (χ4v) is 2.18. The zero-order valence-electron chi connectivity index (χ0n) is 11.4. The average molecular weight is 224 g/mol. The van der Waals surface area contributed by atoms with Gasteiger partial charge in [0, 0.05) is 0 Å². The minimum atomic E-state index is 1.33. The van der Waals surface area contributed by atoms with Crippen molar-refractivity contribution >= 4 is 0 Å². The molecule has 0 saturated heterocycles. The summed E-state index contributed by atoms with van der Waals surface area (Å²) in [6.07, 6.45) is 0. The summed E-state index contributed by atoms with van der Waals surface area (Å²) >= 11 is 0. The van der Waals surface area contributed by atoms with E-state index in [0.717, 1.165) is 0 Å². The van der Waals surface area contributed by atoms with Crippen molar-refractivity contribution in [3.05, 3.63) is 58.1 Å². The van der Waals surface area contributed by atoms with E-state index in [4.69, 9.17) is 0 Å². The van der Waals surface area contributed by atoms with Crippen LogP contribution in [0.5, 0.6) is 0 Å². The number of hydrogen-bond donors (Lipinski definition) is 0. The largest absolute Gasteiger partial charge is 0.0584 e. The van der Waals surface area contributed by atoms with E-state index in [1.54, 1.807) is 0 Å². The number of aryl methyl sites for hydroxylation is 5. The van der Waals surface area contributed by atoms with Crippen LogP contribution in [0.25, 0.3) is 11.1 Å². The summed E-state index contributed by atoms with van der Waals surface area (Å²) in [4.78, 5) is 0. The van der Waals surface area contributed by atoms with Gasteiger partial charge in [0.05, 0.1) is 0 Å². The predicted molar refractivity (Wildman–Crippen MR) is 75.6 cm³/mol. The summed E-state index contributed by atoms with van der Waals surface area (Å²) in [5, 5.41) is 0. The third-order valence-corrected chi connectivity index (χ3v) is 3.66. The molecule has 2 aromatic rings. The minimum absolute atomic E-state index is 1.33. The van der Waals surface area contributed by atoms with Crippen molar-refractivity contribution in [2.45, 2.75) is 34.6 Å². The van der Waals surface area contributed by atoms with Crippen molar-refractivity contribution < 1.29 is 0 Å². The number of benzene rings is 2. The van der Waals surface area contributed by atoms with E-state index in [-0.39, 0.29) is 0 Å². The maximum Gasteiger partial charge on any atom is -0.0152 e. The van der Waals surface area contributed by atoms with Crippen LogP contribution in [0.15, 0.2) is 30.3 Å². The van der Waals surface area contributed by atoms with Crippen molar-refractivity contribution in [2.75, 3.05) is 0 Å². The first kappa shape index (κ1) is 11.9. The Hall–Kier alpha value is -1.56. The fourth-order valence-electron chi connectivity index (χ4n) is 2.18. The molecular formula is C17H20. The molecule has 0 amide bonds. The molecular weight excluding hydrogens is 204 g/mol. The van der Waals surface area contributed by atoms with Crippen molar-refractivity contribution in [3.8, 4) is 11.1 Å². The van der Waals surface area contributed by atoms with Gasteiger partial charge in [-0.1, -0.05) is 30.3 Å². The normalized spacial score (nSPS) is 10.6. The summed E-state index contributed by atoms with van der Waals surface area (Å²) in [6.45, 7) is 10.9. The molecule has 0 heteroatoms. The van der Waals surface area contributed by atoms with Gasteiger partial charge < -0.3 is 0 Å². The molecule has 0 nitrogen and oxygen atoms in total. The molecule has 0 saturated carbocycles. The standard InChI is InChI=1S/C17H20/c1-11-6-7-16(9-13(11)3)17-10-14(4)12(2)8-15(17)5/h6-10H,1-5H3. The highest BCUT2D eigenvalue weighted by Crippen LogP contribution is 2.27. The van der Waals surface area contributed by atoms with E-state index >= 15 is 0 Å². The topological polar surface area (TPSA) is 0 Å². The highest BCUT2D eigenvalue weighted by atomic mass is 14.1. The second kappa shape index (κ2) is 4.37. The van der Waals surface area contributed by atoms with E-state index in [0.29, 0.717) is 0 Å². The smallest absolute Gasteiger partial charge is 0.0152 e. The second-order valence-corrected chi connectivity index (χ2v) is 5.05. The molecule has 0 heterocycles. The van der Waals surface area contributed by atoms with Crippen LogP contribution in [0.4, 0.5) is 0 Å². The molecule has 0 unspecified atom stereocenters. The first-order valence-electron chi connectivity index (χ1n) is 6.14. The molecule has 88 valence electrons. The molecule has 0 aliphatic carbocycles. The first-order chi connectivity index (χ1) is 7.99. The van der Waals surface area contributed by atoms with Gasteiger partial charge in [-0.05, 0) is 73.6 Å². The van der Waals surface area contributed by atoms with Gasteiger partial charge in [0.1, 0.15) is 0 Å². The molecule has 2 aromatic carbocycles. The molecule has 0 aromatic heterocycles. The minimum Gasteiger partial charge on any atom is -0.0584 e. The third-order valence-electron chi connectivity index (χ3n) is 3.66. The summed E-state index contributed by atoms with van der Waals surface area (Å²) in [5.74, 6) is 0. The SMILES string of the molecule is Cc1ccc(-c2cc(C)c(C)cc2C)cc1C. The Morgan fingerprint density at radius 1 is 0.529 bits per heavy atom. The maximum atomic E-state index is 2.30. The molecule has 0 fully saturated rings. The lowest BCUT2D eigenvalue weighted by Crippen LogP contribution is -1.90. The Morgan fingerprint density at radius 2 is 1.12 bits per heavy atom. The maximum absolute atomic E-state index is 2.30. The van der Waals surface area contributed by atoms with E-state index in [1.807, 2.05) is 0 Å². The number of rotatable bonds is 1. The fraction of sp³-hybridized carbons (Fsp3) is 0.294. The monoisotopic (exact) mass is 224 g/mol. The van der Waals surface area contributed by atoms with Gasteiger partial charge in [-0.2, -0.15) is 0 Å². The van der Waals surface area contributed by atoms with Crippen LogP contribution < -0.4 is 0 Å². The van der Waals surface area contributed by atoms with Gasteiger partial charge in [0.25, 0.3) is 0 Å². The van der Waals surface area contributed by atoms with Crippen molar-refractivity contribution in [2.24, 2.45) is 0 Å². The molecule has 0 spiro atoms. The van der Waals surface area contributed by atoms with Crippen molar-refractivity contribution in [3.63, 3.8) is 0 Å². The van der Waals surface area contributed by atoms with Crippen LogP contribution in [0, 0.1) is 34.6 Å². The van der Waals surface area contributed by atoms with Gasteiger partial charge in [-0.15, -0.1) is 0 Å². The van der Waals surface area contributed by atoms with Crippen LogP contribution >= 0.6 is 0 Å². The van der Waals surface area contributed by atoms with Crippen LogP contribution in [0.1, 0.15) is 27.8 Å². The van der Waals surface area contributed by atoms with Gasteiger partial charge in [-0.3, -0.25) is 0 Å². The Kier molecular flexibility index (Phi) is 3.06. The summed E-state index contributed by atoms with van der Waals surface area (Å²) in [6, 6.07) is 11.3. The van der Waals surface area contributed by atoms with Crippen molar-refractivity contribution in [1.29, 1.82) is 0 Å². The molecule has 0 bridgehead atoms. The van der Waals surface area contributed by atoms with Crippen LogP contribution in [0.2, 0.25) is 0 Å². The van der Waals surface area contributed by atoms with Crippen molar-refractivity contribution in [1.82, 2.24) is 0 Å². The van der Waals surface area contributed by atoms with E-state index in [1.165, 1.54) is 38.9 Å². The number of hydrogen-bond acceptors (Lipinski definition) is 0. The molecule has 0 radical (unpaired) electrons. The summed E-state index contributed by atoms with van der Waals surface area (Å²) < 4.78 is 0. The highest BCUT2D eigenvalue weighted by Gasteiger charge is 2.05. The Bertz CT molecular complexity index is 562. The average Bonchev–Trinajstić information content (AvgIpc) is 2.27. The van der Waals surface area contributed by atoms with Gasteiger partial charge in [-0.25, -0.2) is 0 Å². The van der Waals surface area contributed by atoms with Crippen LogP contribution in [-0.4, -0.2) is 0 Å². The summed E-state index contributed by atoms with van der Waals surface area (Å²) in [5.41, 5.74) is 9.50. The lowest BCUT2D eigenvalue weighted by atomic mass is 9.94. The predicted octanol–water partition coefficient (Wildman–Crippen LogP) is 4.90. The highest BCUT2D eigenvalue weighted by molar-refractivity contribution is 5.69. The zero-order chi connectivity index (χ0) is 12.6. The van der Waals surface area contributed by atoms with E-state index in [9.17, 15) is 0 Å². The first-order valence-corrected chi connectivity index (χ1v) is 6.14. The summed E-state index contributed by atoms with van der Waals surface area (Å²) in [7, 11) is 0. The van der Waals surface area contributed by atoms with Gasteiger partial charge >= 0.3 is 0 Å². The lowest BCUT2D eigenvalue weighted by Gasteiger charge is -2.11. The molecule has 17 heavy (non-hydrogen) atoms. The molecule has 0 aliphatic rings. The quantitative estimate of drug-likeness (QED) is 0.646. The third kappa shape index (κ3) is 2.26. The van der Waals surface area contributed by atoms with Gasteiger partial charge in [0.15, 0.2) is 0 Å².